The van der Waals surface area contributed by atoms with Crippen molar-refractivity contribution in [1.82, 2.24) is 4.90 Å². The average Bonchev–Trinajstić information content (AvgIpc) is 2.46. The second kappa shape index (κ2) is 7.57. The average molecular weight is 290 g/mol. The summed E-state index contributed by atoms with van der Waals surface area (Å²) in [7, 11) is 1.57. The fourth-order valence-corrected chi connectivity index (χ4v) is 2.77. The Morgan fingerprint density at radius 2 is 2.05 bits per heavy atom. The predicted octanol–water partition coefficient (Wildman–Crippen LogP) is 2.35. The van der Waals surface area contributed by atoms with Gasteiger partial charge in [0.25, 0.3) is 0 Å². The number of ether oxygens (including phenoxy) is 1. The van der Waals surface area contributed by atoms with Crippen molar-refractivity contribution in [2.24, 2.45) is 11.7 Å². The van der Waals surface area contributed by atoms with Gasteiger partial charge in [0.1, 0.15) is 6.04 Å². The van der Waals surface area contributed by atoms with Crippen LogP contribution in [0.2, 0.25) is 0 Å². The van der Waals surface area contributed by atoms with Crippen LogP contribution in [0.3, 0.4) is 0 Å². The molecule has 21 heavy (non-hydrogen) atoms. The van der Waals surface area contributed by atoms with E-state index in [1.165, 1.54) is 19.3 Å². The van der Waals surface area contributed by atoms with Gasteiger partial charge in [-0.1, -0.05) is 36.8 Å². The lowest BCUT2D eigenvalue weighted by molar-refractivity contribution is -0.137. The molecule has 0 spiro atoms. The second-order valence-corrected chi connectivity index (χ2v) is 5.94. The minimum atomic E-state index is -0.582. The molecule has 0 aromatic heterocycles. The van der Waals surface area contributed by atoms with Gasteiger partial charge in [0, 0.05) is 13.7 Å². The summed E-state index contributed by atoms with van der Waals surface area (Å²) in [5.74, 6) is 0.606. The minimum Gasteiger partial charge on any atom is -0.383 e. The molecule has 0 bridgehead atoms. The molecular weight excluding hydrogens is 264 g/mol. The van der Waals surface area contributed by atoms with Gasteiger partial charge in [-0.3, -0.25) is 4.79 Å². The molecule has 2 N–H and O–H groups in total. The maximum atomic E-state index is 12.6. The Hall–Kier alpha value is -1.39. The van der Waals surface area contributed by atoms with Crippen LogP contribution in [0, 0.1) is 5.92 Å². The minimum absolute atomic E-state index is 0.0138. The van der Waals surface area contributed by atoms with Gasteiger partial charge < -0.3 is 15.4 Å². The lowest BCUT2D eigenvalue weighted by atomic mass is 9.84. The number of nitrogens with two attached hydrogens (primary N) is 1. The Labute approximate surface area is 127 Å². The molecule has 1 aromatic carbocycles. The Morgan fingerprint density at radius 3 is 2.57 bits per heavy atom. The van der Waals surface area contributed by atoms with Crippen LogP contribution < -0.4 is 5.73 Å². The summed E-state index contributed by atoms with van der Waals surface area (Å²) < 4.78 is 5.03. The number of benzene rings is 1. The van der Waals surface area contributed by atoms with Gasteiger partial charge >= 0.3 is 0 Å². The van der Waals surface area contributed by atoms with Crippen LogP contribution in [-0.2, 0) is 9.53 Å². The number of hydrogen-bond acceptors (Lipinski definition) is 3. The molecule has 1 aromatic rings. The van der Waals surface area contributed by atoms with Gasteiger partial charge in [-0.15, -0.1) is 0 Å². The number of amides is 1. The van der Waals surface area contributed by atoms with E-state index >= 15 is 0 Å². The van der Waals surface area contributed by atoms with Crippen molar-refractivity contribution in [3.63, 3.8) is 0 Å². The van der Waals surface area contributed by atoms with Crippen LogP contribution in [-0.4, -0.2) is 37.1 Å². The second-order valence-electron chi connectivity index (χ2n) is 5.94. The predicted molar refractivity (Wildman–Crippen MR) is 83.8 cm³/mol. The summed E-state index contributed by atoms with van der Waals surface area (Å²) in [6.07, 6.45) is 3.70. The molecule has 4 nitrogen and oxygen atoms in total. The topological polar surface area (TPSA) is 55.6 Å². The van der Waals surface area contributed by atoms with Crippen LogP contribution >= 0.6 is 0 Å². The first-order valence-corrected chi connectivity index (χ1v) is 7.73. The molecule has 2 unspecified atom stereocenters. The van der Waals surface area contributed by atoms with Crippen molar-refractivity contribution in [3.8, 4) is 0 Å². The number of carbonyl (C=O) groups is 1. The fraction of sp³-hybridized carbons (Fsp3) is 0.588. The third-order valence-corrected chi connectivity index (χ3v) is 4.38. The van der Waals surface area contributed by atoms with Crippen molar-refractivity contribution in [3.05, 3.63) is 35.9 Å². The molecule has 1 fully saturated rings. The van der Waals surface area contributed by atoms with Crippen LogP contribution in [0.1, 0.15) is 37.8 Å². The first-order chi connectivity index (χ1) is 10.1. The molecule has 2 rings (SSSR count). The molecule has 0 heterocycles. The lowest BCUT2D eigenvalue weighted by Gasteiger charge is -2.37. The summed E-state index contributed by atoms with van der Waals surface area (Å²) in [5, 5.41) is 0. The highest BCUT2D eigenvalue weighted by Gasteiger charge is 2.30. The highest BCUT2D eigenvalue weighted by Crippen LogP contribution is 2.30. The van der Waals surface area contributed by atoms with Crippen molar-refractivity contribution in [2.75, 3.05) is 20.3 Å². The molecule has 0 aliphatic heterocycles. The number of nitrogens with zero attached hydrogens (tertiary/aromatic N) is 1. The SMILES string of the molecule is COCC(N)C(=O)N(CC1CCC1)C(C)c1ccccc1. The number of carbonyl (C=O) groups excluding carboxylic acids is 1. The molecule has 1 amide bonds. The normalized spacial score (nSPS) is 17.9. The largest absolute Gasteiger partial charge is 0.383 e. The van der Waals surface area contributed by atoms with Crippen molar-refractivity contribution >= 4 is 5.91 Å². The summed E-state index contributed by atoms with van der Waals surface area (Å²) in [5.41, 5.74) is 7.11. The van der Waals surface area contributed by atoms with Crippen molar-refractivity contribution < 1.29 is 9.53 Å². The number of methoxy groups -OCH3 is 1. The highest BCUT2D eigenvalue weighted by molar-refractivity contribution is 5.82. The molecule has 116 valence electrons. The Morgan fingerprint density at radius 1 is 1.38 bits per heavy atom. The third kappa shape index (κ3) is 4.05. The molecule has 0 radical (unpaired) electrons. The van der Waals surface area contributed by atoms with E-state index in [0.717, 1.165) is 12.1 Å². The Bertz CT molecular complexity index is 445. The van der Waals surface area contributed by atoms with Gasteiger partial charge in [-0.05, 0) is 31.2 Å². The van der Waals surface area contributed by atoms with Crippen LogP contribution in [0.5, 0.6) is 0 Å². The van der Waals surface area contributed by atoms with Crippen LogP contribution in [0.15, 0.2) is 30.3 Å². The summed E-state index contributed by atoms with van der Waals surface area (Å²) in [4.78, 5) is 14.6. The van der Waals surface area contributed by atoms with E-state index < -0.39 is 6.04 Å². The van der Waals surface area contributed by atoms with Gasteiger partial charge in [-0.2, -0.15) is 0 Å². The fourth-order valence-electron chi connectivity index (χ4n) is 2.77. The monoisotopic (exact) mass is 290 g/mol. The van der Waals surface area contributed by atoms with Crippen LogP contribution in [0.4, 0.5) is 0 Å². The quantitative estimate of drug-likeness (QED) is 0.838. The van der Waals surface area contributed by atoms with E-state index in [2.05, 4.69) is 19.1 Å². The van der Waals surface area contributed by atoms with E-state index in [1.54, 1.807) is 7.11 Å². The third-order valence-electron chi connectivity index (χ3n) is 4.38. The van der Waals surface area contributed by atoms with Crippen molar-refractivity contribution in [2.45, 2.75) is 38.3 Å². The highest BCUT2D eigenvalue weighted by atomic mass is 16.5. The molecule has 4 heteroatoms. The van der Waals surface area contributed by atoms with Gasteiger partial charge in [0.05, 0.1) is 12.6 Å². The lowest BCUT2D eigenvalue weighted by Crippen LogP contribution is -2.49. The Kier molecular flexibility index (Phi) is 5.76. The molecule has 1 saturated carbocycles. The molecule has 1 aliphatic rings. The van der Waals surface area contributed by atoms with Crippen molar-refractivity contribution in [1.29, 1.82) is 0 Å². The molecule has 1 aliphatic carbocycles. The zero-order valence-corrected chi connectivity index (χ0v) is 13.0. The first kappa shape index (κ1) is 16.0. The summed E-state index contributed by atoms with van der Waals surface area (Å²) in [6, 6.07) is 9.59. The maximum absolute atomic E-state index is 12.6. The number of hydrogen-bond donors (Lipinski definition) is 1. The Balaban J connectivity index is 2.12. The molecule has 0 saturated heterocycles. The van der Waals surface area contributed by atoms with Gasteiger partial charge in [-0.25, -0.2) is 0 Å². The summed E-state index contributed by atoms with van der Waals surface area (Å²) in [6.45, 7) is 3.14. The first-order valence-electron chi connectivity index (χ1n) is 7.73. The molecular formula is C17H26N2O2. The van der Waals surface area contributed by atoms with E-state index in [-0.39, 0.29) is 18.6 Å². The van der Waals surface area contributed by atoms with E-state index in [4.69, 9.17) is 10.5 Å². The van der Waals surface area contributed by atoms with E-state index in [9.17, 15) is 4.79 Å². The van der Waals surface area contributed by atoms with Crippen LogP contribution in [0.25, 0.3) is 0 Å². The smallest absolute Gasteiger partial charge is 0.242 e. The van der Waals surface area contributed by atoms with E-state index in [1.807, 2.05) is 23.1 Å². The zero-order valence-electron chi connectivity index (χ0n) is 13.0. The van der Waals surface area contributed by atoms with Gasteiger partial charge in [0.15, 0.2) is 0 Å². The van der Waals surface area contributed by atoms with Gasteiger partial charge in [0.2, 0.25) is 5.91 Å². The number of rotatable bonds is 7. The maximum Gasteiger partial charge on any atom is 0.242 e. The molecule has 2 atom stereocenters. The summed E-state index contributed by atoms with van der Waals surface area (Å²) >= 11 is 0. The zero-order chi connectivity index (χ0) is 15.2. The van der Waals surface area contributed by atoms with E-state index in [0.29, 0.717) is 5.92 Å². The standard InChI is InChI=1S/C17H26N2O2/c1-13(15-9-4-3-5-10-15)19(11-14-7-6-8-14)17(20)16(18)12-21-2/h3-5,9-10,13-14,16H,6-8,11-12,18H2,1-2H3.